The predicted octanol–water partition coefficient (Wildman–Crippen LogP) is 4.32. The first kappa shape index (κ1) is 27.3. The summed E-state index contributed by atoms with van der Waals surface area (Å²) in [5, 5.41) is 9.64. The van der Waals surface area contributed by atoms with Gasteiger partial charge in [0.15, 0.2) is 16.9 Å². The summed E-state index contributed by atoms with van der Waals surface area (Å²) in [6, 6.07) is 14.4. The van der Waals surface area contributed by atoms with E-state index in [9.17, 15) is 19.5 Å². The zero-order valence-corrected chi connectivity index (χ0v) is 22.5. The Morgan fingerprint density at radius 3 is 2.58 bits per heavy atom. The predicted molar refractivity (Wildman–Crippen MR) is 146 cm³/mol. The van der Waals surface area contributed by atoms with Gasteiger partial charge >= 0.3 is 12.1 Å². The topological polar surface area (TPSA) is 117 Å². The highest BCUT2D eigenvalue weighted by molar-refractivity contribution is 5.88. The average Bonchev–Trinajstić information content (AvgIpc) is 2.97. The van der Waals surface area contributed by atoms with E-state index in [1.807, 2.05) is 47.0 Å². The van der Waals surface area contributed by atoms with E-state index in [1.165, 1.54) is 12.3 Å². The van der Waals surface area contributed by atoms with Crippen LogP contribution in [0.2, 0.25) is 0 Å². The summed E-state index contributed by atoms with van der Waals surface area (Å²) in [7, 11) is 3.18. The van der Waals surface area contributed by atoms with Gasteiger partial charge in [-0.15, -0.1) is 0 Å². The smallest absolute Gasteiger partial charge is 0.410 e. The molecule has 0 aliphatic carbocycles. The number of likely N-dealkylation sites (tertiary alicyclic amines) is 1. The molecule has 2 aromatic carbocycles. The number of hydrogen-bond donors (Lipinski definition) is 1. The molecule has 2 aliphatic rings. The van der Waals surface area contributed by atoms with Crippen LogP contribution in [0.25, 0.3) is 11.3 Å². The summed E-state index contributed by atoms with van der Waals surface area (Å²) in [6.07, 6.45) is 2.26. The molecule has 1 aromatic heterocycles. The molecule has 5 rings (SSSR count). The van der Waals surface area contributed by atoms with Crippen molar-refractivity contribution >= 4 is 12.1 Å². The Bertz CT molecular complexity index is 1450. The Morgan fingerprint density at radius 2 is 1.85 bits per heavy atom. The molecule has 3 heterocycles. The van der Waals surface area contributed by atoms with Crippen LogP contribution >= 0.6 is 0 Å². The van der Waals surface area contributed by atoms with E-state index in [-0.39, 0.29) is 24.1 Å². The third kappa shape index (κ3) is 5.40. The van der Waals surface area contributed by atoms with Crippen molar-refractivity contribution in [2.75, 3.05) is 40.5 Å². The molecule has 1 fully saturated rings. The average molecular weight is 549 g/mol. The van der Waals surface area contributed by atoms with E-state index in [4.69, 9.17) is 18.9 Å². The second-order valence-corrected chi connectivity index (χ2v) is 9.88. The number of rotatable bonds is 9. The van der Waals surface area contributed by atoms with Crippen molar-refractivity contribution in [2.24, 2.45) is 0 Å². The van der Waals surface area contributed by atoms with E-state index in [0.29, 0.717) is 56.3 Å². The number of nitrogens with zero attached hydrogens (tertiary/aromatic N) is 2. The fourth-order valence-electron chi connectivity index (χ4n) is 5.52. The fraction of sp³-hybridized carbons (Fsp3) is 0.367. The van der Waals surface area contributed by atoms with E-state index in [1.54, 1.807) is 19.1 Å². The molecule has 40 heavy (non-hydrogen) atoms. The van der Waals surface area contributed by atoms with Gasteiger partial charge in [-0.1, -0.05) is 30.3 Å². The summed E-state index contributed by atoms with van der Waals surface area (Å²) in [6.45, 7) is 1.93. The van der Waals surface area contributed by atoms with Gasteiger partial charge < -0.3 is 33.5 Å². The minimum absolute atomic E-state index is 0.170. The number of hydrogen-bond acceptors (Lipinski definition) is 7. The molecule has 10 nitrogen and oxygen atoms in total. The van der Waals surface area contributed by atoms with Gasteiger partial charge in [-0.25, -0.2) is 9.59 Å². The monoisotopic (exact) mass is 548 g/mol. The van der Waals surface area contributed by atoms with Gasteiger partial charge in [0.25, 0.3) is 0 Å². The van der Waals surface area contributed by atoms with E-state index >= 15 is 0 Å². The van der Waals surface area contributed by atoms with Crippen molar-refractivity contribution in [1.29, 1.82) is 0 Å². The SMILES string of the molecule is COCCCOc1cc2c(cc1OC)-c1cc(=O)c(C(=O)O)cn1[C@H]1CCN(C(=O)OCc3ccccc3)C[C@@H]21. The Labute approximate surface area is 231 Å². The summed E-state index contributed by atoms with van der Waals surface area (Å²) in [5.74, 6) is -0.428. The number of fused-ring (bicyclic) bond motifs is 6. The number of carbonyl (C=O) groups is 2. The molecule has 0 unspecified atom stereocenters. The summed E-state index contributed by atoms with van der Waals surface area (Å²) >= 11 is 0. The summed E-state index contributed by atoms with van der Waals surface area (Å²) < 4.78 is 24.3. The number of ether oxygens (including phenoxy) is 4. The number of pyridine rings is 1. The molecule has 10 heteroatoms. The molecule has 0 saturated carbocycles. The van der Waals surface area contributed by atoms with E-state index in [2.05, 4.69) is 0 Å². The molecule has 0 radical (unpaired) electrons. The van der Waals surface area contributed by atoms with Crippen LogP contribution in [0.5, 0.6) is 11.5 Å². The first-order chi connectivity index (χ1) is 19.4. The van der Waals surface area contributed by atoms with Crippen LogP contribution in [0.1, 0.15) is 46.3 Å². The molecular weight excluding hydrogens is 516 g/mol. The van der Waals surface area contributed by atoms with Gasteiger partial charge in [0.05, 0.1) is 19.4 Å². The Kier molecular flexibility index (Phi) is 8.06. The summed E-state index contributed by atoms with van der Waals surface area (Å²) in [4.78, 5) is 39.3. The molecule has 0 bridgehead atoms. The Balaban J connectivity index is 1.51. The molecule has 2 aliphatic heterocycles. The van der Waals surface area contributed by atoms with Gasteiger partial charge in [-0.3, -0.25) is 4.79 Å². The van der Waals surface area contributed by atoms with Gasteiger partial charge in [0.2, 0.25) is 0 Å². The lowest BCUT2D eigenvalue weighted by Gasteiger charge is -2.44. The third-order valence-corrected chi connectivity index (χ3v) is 7.47. The van der Waals surface area contributed by atoms with Crippen LogP contribution < -0.4 is 14.9 Å². The fourth-order valence-corrected chi connectivity index (χ4v) is 5.52. The second kappa shape index (κ2) is 11.8. The quantitative estimate of drug-likeness (QED) is 0.393. The molecule has 1 saturated heterocycles. The Hall–Kier alpha value is -4.31. The Morgan fingerprint density at radius 1 is 1.05 bits per heavy atom. The number of methoxy groups -OCH3 is 2. The number of aromatic nitrogens is 1. The van der Waals surface area contributed by atoms with Crippen LogP contribution in [0.4, 0.5) is 4.79 Å². The molecule has 210 valence electrons. The third-order valence-electron chi connectivity index (χ3n) is 7.47. The van der Waals surface area contributed by atoms with Crippen LogP contribution in [0.15, 0.2) is 59.5 Å². The van der Waals surface area contributed by atoms with Crippen molar-refractivity contribution in [3.63, 3.8) is 0 Å². The van der Waals surface area contributed by atoms with Crippen LogP contribution in [-0.4, -0.2) is 67.2 Å². The van der Waals surface area contributed by atoms with Gasteiger partial charge in [0, 0.05) is 63.0 Å². The van der Waals surface area contributed by atoms with Crippen molar-refractivity contribution in [3.05, 3.63) is 81.6 Å². The lowest BCUT2D eigenvalue weighted by molar-refractivity contribution is 0.0693. The zero-order valence-electron chi connectivity index (χ0n) is 22.5. The molecular formula is C30H32N2O8. The normalized spacial score (nSPS) is 17.3. The van der Waals surface area contributed by atoms with Gasteiger partial charge in [0.1, 0.15) is 12.2 Å². The highest BCUT2D eigenvalue weighted by atomic mass is 16.6. The largest absolute Gasteiger partial charge is 0.493 e. The molecule has 2 atom stereocenters. The maximum absolute atomic E-state index is 13.1. The lowest BCUT2D eigenvalue weighted by atomic mass is 9.79. The molecule has 3 aromatic rings. The lowest BCUT2D eigenvalue weighted by Crippen LogP contribution is -2.45. The summed E-state index contributed by atoms with van der Waals surface area (Å²) in [5.41, 5.74) is 2.28. The van der Waals surface area contributed by atoms with Crippen LogP contribution in [0.3, 0.4) is 0 Å². The number of benzene rings is 2. The maximum atomic E-state index is 13.1. The van der Waals surface area contributed by atoms with E-state index < -0.39 is 17.5 Å². The number of carboxylic acid groups (broad SMARTS) is 1. The van der Waals surface area contributed by atoms with Crippen molar-refractivity contribution in [3.8, 4) is 22.8 Å². The zero-order chi connectivity index (χ0) is 28.2. The maximum Gasteiger partial charge on any atom is 0.410 e. The van der Waals surface area contributed by atoms with Crippen LogP contribution in [-0.2, 0) is 16.1 Å². The number of amides is 1. The van der Waals surface area contributed by atoms with Gasteiger partial charge in [-0.2, -0.15) is 0 Å². The number of piperidine rings is 1. The van der Waals surface area contributed by atoms with Crippen molar-refractivity contribution < 1.29 is 33.6 Å². The first-order valence-corrected chi connectivity index (χ1v) is 13.2. The molecule has 0 spiro atoms. The minimum Gasteiger partial charge on any atom is -0.493 e. The van der Waals surface area contributed by atoms with Gasteiger partial charge in [-0.05, 0) is 29.7 Å². The standard InChI is InChI=1S/C30H32N2O8/c1-37-11-6-12-39-28-13-20-21(14-27(28)38-2)25-15-26(33)23(29(34)35)17-32(25)24-9-10-31(16-22(20)24)30(36)40-18-19-7-4-3-5-8-19/h3-5,7-8,13-15,17,22,24H,6,9-12,16,18H2,1-2H3,(H,34,35)/t22-,24-/m0/s1. The number of aromatic carboxylic acids is 1. The molecule has 1 amide bonds. The molecule has 1 N–H and O–H groups in total. The van der Waals surface area contributed by atoms with Crippen LogP contribution in [0, 0.1) is 0 Å². The number of carboxylic acids is 1. The first-order valence-electron chi connectivity index (χ1n) is 13.2. The number of carbonyl (C=O) groups excluding carboxylic acids is 1. The highest BCUT2D eigenvalue weighted by Gasteiger charge is 2.40. The van der Waals surface area contributed by atoms with Crippen molar-refractivity contribution in [2.45, 2.75) is 31.4 Å². The van der Waals surface area contributed by atoms with E-state index in [0.717, 1.165) is 16.7 Å². The highest BCUT2D eigenvalue weighted by Crippen LogP contribution is 2.49. The van der Waals surface area contributed by atoms with Crippen molar-refractivity contribution in [1.82, 2.24) is 9.47 Å². The second-order valence-electron chi connectivity index (χ2n) is 9.88. The minimum atomic E-state index is -1.28.